The third kappa shape index (κ3) is 7.19. The molecule has 108 valence electrons. The molecule has 0 aliphatic carbocycles. The van der Waals surface area contributed by atoms with Gasteiger partial charge in [-0.2, -0.15) is 0 Å². The summed E-state index contributed by atoms with van der Waals surface area (Å²) in [6.07, 6.45) is 5.60. The zero-order valence-corrected chi connectivity index (χ0v) is 14.0. The Morgan fingerprint density at radius 3 is 3.00 bits per heavy atom. The van der Waals surface area contributed by atoms with Crippen molar-refractivity contribution in [3.8, 4) is 0 Å². The minimum atomic E-state index is 0. The number of hydrogen-bond donors (Lipinski definition) is 1. The van der Waals surface area contributed by atoms with Crippen LogP contribution in [0.2, 0.25) is 0 Å². The lowest BCUT2D eigenvalue weighted by atomic mass is 10.3. The highest BCUT2D eigenvalue weighted by molar-refractivity contribution is 14.0. The molecule has 0 saturated heterocycles. The van der Waals surface area contributed by atoms with Gasteiger partial charge in [-0.15, -0.1) is 30.6 Å². The molecule has 0 atom stereocenters. The summed E-state index contributed by atoms with van der Waals surface area (Å²) in [5.41, 5.74) is 0.838. The van der Waals surface area contributed by atoms with Crippen LogP contribution in [0.1, 0.15) is 25.5 Å². The topological polar surface area (TPSA) is 53.7 Å². The van der Waals surface area contributed by atoms with Crippen LogP contribution < -0.4 is 5.32 Å². The van der Waals surface area contributed by atoms with E-state index in [1.165, 1.54) is 0 Å². The molecule has 0 fully saturated rings. The molecule has 1 aromatic rings. The second kappa shape index (κ2) is 10.8. The van der Waals surface area contributed by atoms with Crippen molar-refractivity contribution >= 4 is 29.9 Å². The molecule has 1 aromatic heterocycles. The molecule has 1 rings (SSSR count). The van der Waals surface area contributed by atoms with Crippen LogP contribution in [0.15, 0.2) is 34.5 Å². The van der Waals surface area contributed by atoms with Crippen molar-refractivity contribution in [1.82, 2.24) is 15.4 Å². The van der Waals surface area contributed by atoms with Gasteiger partial charge in [-0.05, 0) is 19.8 Å². The zero-order valence-electron chi connectivity index (χ0n) is 11.6. The number of unbranched alkanes of at least 4 members (excludes halogenated alkanes) is 1. The average molecular weight is 378 g/mol. The molecule has 0 aromatic carbocycles. The Morgan fingerprint density at radius 2 is 2.42 bits per heavy atom. The number of aliphatic imine (C=N–C) groups is 1. The second-order valence-corrected chi connectivity index (χ2v) is 4.01. The van der Waals surface area contributed by atoms with Gasteiger partial charge >= 0.3 is 0 Å². The van der Waals surface area contributed by atoms with Crippen LogP contribution in [-0.2, 0) is 6.54 Å². The van der Waals surface area contributed by atoms with Crippen LogP contribution in [0.25, 0.3) is 0 Å². The molecule has 0 aliphatic rings. The largest absolute Gasteiger partial charge is 0.364 e. The maximum absolute atomic E-state index is 4.78. The van der Waals surface area contributed by atoms with Gasteiger partial charge in [0.15, 0.2) is 5.96 Å². The lowest BCUT2D eigenvalue weighted by Crippen LogP contribution is -2.39. The number of hydrogen-bond acceptors (Lipinski definition) is 3. The predicted octanol–water partition coefficient (Wildman–Crippen LogP) is 2.66. The third-order valence-electron chi connectivity index (χ3n) is 2.48. The zero-order chi connectivity index (χ0) is 13.2. The highest BCUT2D eigenvalue weighted by Crippen LogP contribution is 1.99. The maximum Gasteiger partial charge on any atom is 0.194 e. The minimum absolute atomic E-state index is 0. The molecule has 0 bridgehead atoms. The Hall–Kier alpha value is -1.05. The van der Waals surface area contributed by atoms with Crippen molar-refractivity contribution in [3.05, 3.63) is 30.7 Å². The van der Waals surface area contributed by atoms with Gasteiger partial charge in [0.05, 0.1) is 6.54 Å². The molecule has 0 aliphatic heterocycles. The van der Waals surface area contributed by atoms with Crippen LogP contribution in [0, 0.1) is 0 Å². The van der Waals surface area contributed by atoms with Crippen LogP contribution in [-0.4, -0.2) is 36.2 Å². The second-order valence-electron chi connectivity index (χ2n) is 4.01. The number of rotatable bonds is 7. The first-order valence-corrected chi connectivity index (χ1v) is 6.27. The summed E-state index contributed by atoms with van der Waals surface area (Å²) in [6.45, 7) is 8.12. The van der Waals surface area contributed by atoms with E-state index in [1.807, 2.05) is 19.2 Å². The Balaban J connectivity index is 0.00000324. The predicted molar refractivity (Wildman–Crippen MR) is 88.8 cm³/mol. The van der Waals surface area contributed by atoms with Crippen molar-refractivity contribution in [2.45, 2.75) is 26.3 Å². The number of guanidine groups is 1. The Labute approximate surface area is 132 Å². The first kappa shape index (κ1) is 17.9. The van der Waals surface area contributed by atoms with Gasteiger partial charge in [-0.25, -0.2) is 4.99 Å². The summed E-state index contributed by atoms with van der Waals surface area (Å²) in [4.78, 5) is 6.64. The molecule has 19 heavy (non-hydrogen) atoms. The first-order valence-electron chi connectivity index (χ1n) is 6.27. The van der Waals surface area contributed by atoms with Crippen molar-refractivity contribution in [3.63, 3.8) is 0 Å². The van der Waals surface area contributed by atoms with Crippen LogP contribution in [0.4, 0.5) is 0 Å². The Kier molecular flexibility index (Phi) is 10.2. The quantitative estimate of drug-likeness (QED) is 0.261. The molecular weight excluding hydrogens is 355 g/mol. The highest BCUT2D eigenvalue weighted by atomic mass is 127. The fourth-order valence-electron chi connectivity index (χ4n) is 1.52. The summed E-state index contributed by atoms with van der Waals surface area (Å²) in [7, 11) is 2.04. The Bertz CT molecular complexity index is 365. The van der Waals surface area contributed by atoms with Gasteiger partial charge in [0.1, 0.15) is 12.0 Å². The van der Waals surface area contributed by atoms with Gasteiger partial charge in [-0.1, -0.05) is 11.2 Å². The Morgan fingerprint density at radius 1 is 1.63 bits per heavy atom. The van der Waals surface area contributed by atoms with E-state index < -0.39 is 0 Å². The van der Waals surface area contributed by atoms with Crippen LogP contribution in [0.5, 0.6) is 0 Å². The summed E-state index contributed by atoms with van der Waals surface area (Å²) in [5.74, 6) is 0.893. The van der Waals surface area contributed by atoms with Crippen molar-refractivity contribution < 1.29 is 4.52 Å². The smallest absolute Gasteiger partial charge is 0.194 e. The number of nitrogens with zero attached hydrogens (tertiary/aromatic N) is 3. The van der Waals surface area contributed by atoms with E-state index in [-0.39, 0.29) is 24.0 Å². The standard InChI is InChI=1S/C13H22N4O.HI/c1-4-6-7-9-17(3)13(14-5-2)15-11-12-8-10-18-16-12;/h4,8,10H,1,5-7,9,11H2,2-3H3,(H,14,15);1H. The third-order valence-corrected chi connectivity index (χ3v) is 2.48. The first-order chi connectivity index (χ1) is 8.77. The van der Waals surface area contributed by atoms with Gasteiger partial charge < -0.3 is 14.7 Å². The van der Waals surface area contributed by atoms with E-state index in [9.17, 15) is 0 Å². The monoisotopic (exact) mass is 378 g/mol. The molecule has 0 saturated carbocycles. The minimum Gasteiger partial charge on any atom is -0.364 e. The lowest BCUT2D eigenvalue weighted by Gasteiger charge is -2.21. The maximum atomic E-state index is 4.78. The van der Waals surface area contributed by atoms with Gasteiger partial charge in [0, 0.05) is 26.2 Å². The molecular formula is C13H23IN4O. The molecule has 5 nitrogen and oxygen atoms in total. The summed E-state index contributed by atoms with van der Waals surface area (Å²) in [6, 6.07) is 1.82. The summed E-state index contributed by atoms with van der Waals surface area (Å²) in [5, 5.41) is 7.10. The van der Waals surface area contributed by atoms with Crippen LogP contribution >= 0.6 is 24.0 Å². The molecule has 6 heteroatoms. The molecule has 0 spiro atoms. The van der Waals surface area contributed by atoms with E-state index in [2.05, 4.69) is 33.9 Å². The molecule has 0 radical (unpaired) electrons. The molecule has 1 N–H and O–H groups in total. The summed E-state index contributed by atoms with van der Waals surface area (Å²) >= 11 is 0. The fraction of sp³-hybridized carbons (Fsp3) is 0.538. The van der Waals surface area contributed by atoms with Gasteiger partial charge in [-0.3, -0.25) is 0 Å². The van der Waals surface area contributed by atoms with Crippen molar-refractivity contribution in [2.24, 2.45) is 4.99 Å². The van der Waals surface area contributed by atoms with Gasteiger partial charge in [0.2, 0.25) is 0 Å². The van der Waals surface area contributed by atoms with E-state index in [0.717, 1.165) is 37.6 Å². The molecule has 0 unspecified atom stereocenters. The lowest BCUT2D eigenvalue weighted by molar-refractivity contribution is 0.411. The number of halogens is 1. The van der Waals surface area contributed by atoms with E-state index >= 15 is 0 Å². The normalized spacial score (nSPS) is 10.7. The fourth-order valence-corrected chi connectivity index (χ4v) is 1.52. The number of aromatic nitrogens is 1. The summed E-state index contributed by atoms with van der Waals surface area (Å²) < 4.78 is 4.78. The number of nitrogens with one attached hydrogen (secondary N) is 1. The molecule has 0 amide bonds. The van der Waals surface area contributed by atoms with Crippen LogP contribution in [0.3, 0.4) is 0 Å². The highest BCUT2D eigenvalue weighted by Gasteiger charge is 2.05. The van der Waals surface area contributed by atoms with E-state index in [0.29, 0.717) is 6.54 Å². The SMILES string of the molecule is C=CCCCN(C)C(=NCc1ccon1)NCC.I. The van der Waals surface area contributed by atoms with Crippen molar-refractivity contribution in [2.75, 3.05) is 20.1 Å². The van der Waals surface area contributed by atoms with E-state index in [1.54, 1.807) is 6.26 Å². The average Bonchev–Trinajstić information content (AvgIpc) is 2.87. The van der Waals surface area contributed by atoms with E-state index in [4.69, 9.17) is 4.52 Å². The number of allylic oxidation sites excluding steroid dienone is 1. The van der Waals surface area contributed by atoms with Gasteiger partial charge in [0.25, 0.3) is 0 Å². The van der Waals surface area contributed by atoms with Crippen molar-refractivity contribution in [1.29, 1.82) is 0 Å². The molecule has 1 heterocycles.